The van der Waals surface area contributed by atoms with Crippen LogP contribution in [0, 0.1) is 0 Å². The predicted molar refractivity (Wildman–Crippen MR) is 72.1 cm³/mol. The van der Waals surface area contributed by atoms with Gasteiger partial charge in [-0.15, -0.1) is 0 Å². The zero-order valence-corrected chi connectivity index (χ0v) is 10.4. The van der Waals surface area contributed by atoms with Gasteiger partial charge < -0.3 is 10.6 Å². The average molecular weight is 242 g/mol. The summed E-state index contributed by atoms with van der Waals surface area (Å²) < 4.78 is 0. The molecule has 2 amide bonds. The van der Waals surface area contributed by atoms with Crippen molar-refractivity contribution in [3.63, 3.8) is 0 Å². The predicted octanol–water partition coefficient (Wildman–Crippen LogP) is 2.56. The largest absolute Gasteiger partial charge is 0.351 e. The van der Waals surface area contributed by atoms with Gasteiger partial charge in [0, 0.05) is 13.0 Å². The molecule has 1 aromatic rings. The van der Waals surface area contributed by atoms with Gasteiger partial charge in [0.15, 0.2) is 0 Å². The maximum absolute atomic E-state index is 11.7. The fourth-order valence-corrected chi connectivity index (χ4v) is 3.24. The van der Waals surface area contributed by atoms with Gasteiger partial charge in [-0.05, 0) is 30.4 Å². The lowest BCUT2D eigenvalue weighted by Gasteiger charge is -2.46. The van der Waals surface area contributed by atoms with Gasteiger partial charge in [0.1, 0.15) is 0 Å². The zero-order chi connectivity index (χ0) is 12.6. The quantitative estimate of drug-likeness (QED) is 0.746. The van der Waals surface area contributed by atoms with Crippen molar-refractivity contribution in [1.82, 2.24) is 4.90 Å². The molecule has 1 aliphatic carbocycles. The van der Waals surface area contributed by atoms with E-state index in [4.69, 9.17) is 5.73 Å². The summed E-state index contributed by atoms with van der Waals surface area (Å²) in [4.78, 5) is 13.5. The number of piperidine rings is 1. The first-order valence-electron chi connectivity index (χ1n) is 6.55. The third-order valence-electron chi connectivity index (χ3n) is 4.17. The smallest absolute Gasteiger partial charge is 0.315 e. The van der Waals surface area contributed by atoms with Gasteiger partial charge in [-0.2, -0.15) is 0 Å². The van der Waals surface area contributed by atoms with Crippen LogP contribution in [-0.4, -0.2) is 23.0 Å². The van der Waals surface area contributed by atoms with Crippen LogP contribution in [0.25, 0.3) is 6.08 Å². The van der Waals surface area contributed by atoms with Crippen molar-refractivity contribution < 1.29 is 4.79 Å². The van der Waals surface area contributed by atoms with E-state index >= 15 is 0 Å². The molecule has 1 fully saturated rings. The highest BCUT2D eigenvalue weighted by atomic mass is 16.2. The number of urea groups is 1. The summed E-state index contributed by atoms with van der Waals surface area (Å²) in [6.45, 7) is 0.780. The van der Waals surface area contributed by atoms with Crippen LogP contribution in [0.1, 0.15) is 30.4 Å². The number of carbonyl (C=O) groups is 1. The molecule has 0 bridgehead atoms. The topological polar surface area (TPSA) is 46.3 Å². The van der Waals surface area contributed by atoms with Crippen LogP contribution >= 0.6 is 0 Å². The summed E-state index contributed by atoms with van der Waals surface area (Å²) in [5.74, 6) is 0. The van der Waals surface area contributed by atoms with E-state index in [2.05, 4.69) is 30.4 Å². The van der Waals surface area contributed by atoms with Crippen molar-refractivity contribution in [2.45, 2.75) is 31.2 Å². The first-order chi connectivity index (χ1) is 8.71. The van der Waals surface area contributed by atoms with Gasteiger partial charge >= 0.3 is 6.03 Å². The molecule has 3 nitrogen and oxygen atoms in total. The number of fused-ring (bicyclic) bond motifs is 1. The Bertz CT molecular complexity index is 509. The fourth-order valence-electron chi connectivity index (χ4n) is 3.24. The molecular weight excluding hydrogens is 224 g/mol. The molecule has 2 aliphatic rings. The van der Waals surface area contributed by atoms with E-state index < -0.39 is 0 Å². The molecule has 1 unspecified atom stereocenters. The van der Waals surface area contributed by atoms with Crippen LogP contribution in [0.3, 0.4) is 0 Å². The van der Waals surface area contributed by atoms with Crippen LogP contribution in [0.15, 0.2) is 30.3 Å². The van der Waals surface area contributed by atoms with Gasteiger partial charge in [-0.1, -0.05) is 36.4 Å². The lowest BCUT2D eigenvalue weighted by molar-refractivity contribution is 0.115. The minimum Gasteiger partial charge on any atom is -0.351 e. The van der Waals surface area contributed by atoms with Crippen LogP contribution in [0.4, 0.5) is 4.79 Å². The Hall–Kier alpha value is -1.77. The van der Waals surface area contributed by atoms with E-state index in [1.807, 2.05) is 11.0 Å². The molecular formula is C15H18N2O. The lowest BCUT2D eigenvalue weighted by Crippen LogP contribution is -2.57. The minimum atomic E-state index is -0.293. The molecule has 0 saturated carbocycles. The Kier molecular flexibility index (Phi) is 2.62. The normalized spacial score (nSPS) is 26.1. The Morgan fingerprint density at radius 1 is 1.28 bits per heavy atom. The summed E-state index contributed by atoms with van der Waals surface area (Å²) in [6.07, 6.45) is 8.44. The van der Waals surface area contributed by atoms with Gasteiger partial charge in [0.25, 0.3) is 0 Å². The van der Waals surface area contributed by atoms with E-state index in [1.54, 1.807) is 0 Å². The van der Waals surface area contributed by atoms with Crippen molar-refractivity contribution in [1.29, 1.82) is 0 Å². The summed E-state index contributed by atoms with van der Waals surface area (Å²) >= 11 is 0. The number of nitrogens with two attached hydrogens (primary N) is 1. The second-order valence-electron chi connectivity index (χ2n) is 5.26. The van der Waals surface area contributed by atoms with E-state index in [0.717, 1.165) is 32.2 Å². The van der Waals surface area contributed by atoms with E-state index in [1.165, 1.54) is 11.1 Å². The van der Waals surface area contributed by atoms with Gasteiger partial charge in [-0.3, -0.25) is 0 Å². The molecule has 18 heavy (non-hydrogen) atoms. The molecule has 0 radical (unpaired) electrons. The standard InChI is InChI=1S/C15H18N2O/c16-14(18)17-10-4-3-8-15(17)9-7-12-5-1-2-6-13(12)11-15/h1-2,5-7,9H,3-4,8,10-11H2,(H2,16,18). The number of likely N-dealkylation sites (tertiary alicyclic amines) is 1. The molecule has 0 aromatic heterocycles. The molecule has 1 spiro atoms. The first kappa shape index (κ1) is 11.3. The SMILES string of the molecule is NC(=O)N1CCCCC12C=Cc1ccccc1C2. The van der Waals surface area contributed by atoms with Crippen molar-refractivity contribution in [3.05, 3.63) is 41.5 Å². The molecule has 1 aromatic carbocycles. The van der Waals surface area contributed by atoms with Crippen molar-refractivity contribution in [3.8, 4) is 0 Å². The third kappa shape index (κ3) is 1.70. The van der Waals surface area contributed by atoms with Crippen molar-refractivity contribution in [2.24, 2.45) is 5.73 Å². The Morgan fingerprint density at radius 3 is 2.94 bits per heavy atom. The monoisotopic (exact) mass is 242 g/mol. The number of rotatable bonds is 0. The second-order valence-corrected chi connectivity index (χ2v) is 5.26. The number of amides is 2. The van der Waals surface area contributed by atoms with E-state index in [0.29, 0.717) is 0 Å². The maximum atomic E-state index is 11.7. The summed E-state index contributed by atoms with van der Waals surface area (Å²) in [5, 5.41) is 0. The molecule has 1 heterocycles. The molecule has 2 N–H and O–H groups in total. The molecule has 3 heteroatoms. The van der Waals surface area contributed by atoms with Crippen LogP contribution < -0.4 is 5.73 Å². The molecule has 1 atom stereocenters. The number of hydrogen-bond donors (Lipinski definition) is 1. The Labute approximate surface area is 107 Å². The lowest BCUT2D eigenvalue weighted by atomic mass is 9.77. The van der Waals surface area contributed by atoms with Gasteiger partial charge in [-0.25, -0.2) is 4.79 Å². The molecule has 1 saturated heterocycles. The molecule has 3 rings (SSSR count). The number of benzene rings is 1. The number of primary amides is 1. The Balaban J connectivity index is 1.99. The van der Waals surface area contributed by atoms with E-state index in [9.17, 15) is 4.79 Å². The summed E-state index contributed by atoms with van der Waals surface area (Å²) in [6, 6.07) is 8.08. The third-order valence-corrected chi connectivity index (χ3v) is 4.17. The fraction of sp³-hybridized carbons (Fsp3) is 0.400. The summed E-state index contributed by atoms with van der Waals surface area (Å²) in [7, 11) is 0. The summed E-state index contributed by atoms with van der Waals surface area (Å²) in [5.41, 5.74) is 7.94. The molecule has 94 valence electrons. The Morgan fingerprint density at radius 2 is 2.11 bits per heavy atom. The van der Waals surface area contributed by atoms with Crippen LogP contribution in [-0.2, 0) is 6.42 Å². The van der Waals surface area contributed by atoms with Gasteiger partial charge in [0.2, 0.25) is 0 Å². The highest BCUT2D eigenvalue weighted by Crippen LogP contribution is 2.37. The first-order valence-corrected chi connectivity index (χ1v) is 6.55. The number of hydrogen-bond acceptors (Lipinski definition) is 1. The zero-order valence-electron chi connectivity index (χ0n) is 10.4. The highest BCUT2D eigenvalue weighted by molar-refractivity contribution is 5.75. The minimum absolute atomic E-state index is 0.182. The van der Waals surface area contributed by atoms with Crippen molar-refractivity contribution in [2.75, 3.05) is 6.54 Å². The number of nitrogens with zero attached hydrogens (tertiary/aromatic N) is 1. The van der Waals surface area contributed by atoms with Crippen LogP contribution in [0.5, 0.6) is 0 Å². The number of carbonyl (C=O) groups excluding carboxylic acids is 1. The van der Waals surface area contributed by atoms with E-state index in [-0.39, 0.29) is 11.6 Å². The van der Waals surface area contributed by atoms with Gasteiger partial charge in [0.05, 0.1) is 5.54 Å². The average Bonchev–Trinajstić information content (AvgIpc) is 2.39. The maximum Gasteiger partial charge on any atom is 0.315 e. The second kappa shape index (κ2) is 4.16. The van der Waals surface area contributed by atoms with Crippen LogP contribution in [0.2, 0.25) is 0 Å². The van der Waals surface area contributed by atoms with Crippen molar-refractivity contribution >= 4 is 12.1 Å². The molecule has 1 aliphatic heterocycles. The highest BCUT2D eigenvalue weighted by Gasteiger charge is 2.40.